The van der Waals surface area contributed by atoms with Crippen molar-refractivity contribution in [2.75, 3.05) is 0 Å². The quantitative estimate of drug-likeness (QED) is 0.657. The number of nitrogens with one attached hydrogen (secondary N) is 1. The van der Waals surface area contributed by atoms with Gasteiger partial charge in [-0.05, 0) is 29.5 Å². The summed E-state index contributed by atoms with van der Waals surface area (Å²) in [4.78, 5) is 7.83. The molecule has 0 bridgehead atoms. The van der Waals surface area contributed by atoms with Gasteiger partial charge in [-0.25, -0.2) is 9.97 Å². The van der Waals surface area contributed by atoms with Crippen LogP contribution in [0.4, 0.5) is 0 Å². The highest BCUT2D eigenvalue weighted by molar-refractivity contribution is 8.06. The van der Waals surface area contributed by atoms with Crippen molar-refractivity contribution in [3.8, 4) is 6.07 Å². The Labute approximate surface area is 108 Å². The average molecular weight is 265 g/mol. The third-order valence-corrected chi connectivity index (χ3v) is 3.32. The fourth-order valence-electron chi connectivity index (χ4n) is 1.33. The smallest absolute Gasteiger partial charge is 0.222 e. The Bertz CT molecular complexity index is 545. The van der Waals surface area contributed by atoms with Crippen LogP contribution in [0.5, 0.6) is 0 Å². The van der Waals surface area contributed by atoms with Crippen LogP contribution in [0.3, 0.4) is 0 Å². The molecule has 0 unspecified atom stereocenters. The molecule has 2 heterocycles. The summed E-state index contributed by atoms with van der Waals surface area (Å²) in [5.41, 5.74) is 2.12. The standard InChI is InChI=1S/C11H9ClN4S/c1-2-7-6-17-10(15-7)8(5-13)9-3-4-14-11(12)16-9/h3-4,6,15H,2H2,1H3/b10-8-. The van der Waals surface area contributed by atoms with Crippen molar-refractivity contribution < 1.29 is 0 Å². The predicted octanol–water partition coefficient (Wildman–Crippen LogP) is 2.91. The molecule has 17 heavy (non-hydrogen) atoms. The number of hydrogen-bond donors (Lipinski definition) is 1. The lowest BCUT2D eigenvalue weighted by molar-refractivity contribution is 0.951. The van der Waals surface area contributed by atoms with Gasteiger partial charge in [-0.15, -0.1) is 0 Å². The van der Waals surface area contributed by atoms with E-state index in [1.165, 1.54) is 18.0 Å². The summed E-state index contributed by atoms with van der Waals surface area (Å²) in [7, 11) is 0. The molecule has 1 aromatic rings. The number of nitrogens with zero attached hydrogens (tertiary/aromatic N) is 3. The second-order valence-corrected chi connectivity index (χ2v) is 4.48. The molecule has 86 valence electrons. The highest BCUT2D eigenvalue weighted by Gasteiger charge is 2.16. The van der Waals surface area contributed by atoms with Gasteiger partial charge in [0.1, 0.15) is 11.6 Å². The van der Waals surface area contributed by atoms with Gasteiger partial charge >= 0.3 is 0 Å². The highest BCUT2D eigenvalue weighted by Crippen LogP contribution is 2.31. The fraction of sp³-hybridized carbons (Fsp3) is 0.182. The third-order valence-electron chi connectivity index (χ3n) is 2.20. The molecule has 4 nitrogen and oxygen atoms in total. The van der Waals surface area contributed by atoms with Crippen LogP contribution in [0.15, 0.2) is 28.4 Å². The van der Waals surface area contributed by atoms with Gasteiger partial charge in [0.2, 0.25) is 5.28 Å². The molecule has 0 radical (unpaired) electrons. The molecule has 0 spiro atoms. The summed E-state index contributed by atoms with van der Waals surface area (Å²) in [5.74, 6) is 0. The highest BCUT2D eigenvalue weighted by atomic mass is 35.5. The summed E-state index contributed by atoms with van der Waals surface area (Å²) >= 11 is 7.20. The van der Waals surface area contributed by atoms with Crippen molar-refractivity contribution in [2.45, 2.75) is 13.3 Å². The number of hydrogen-bond acceptors (Lipinski definition) is 5. The minimum absolute atomic E-state index is 0.141. The summed E-state index contributed by atoms with van der Waals surface area (Å²) in [6.45, 7) is 2.05. The molecule has 0 fully saturated rings. The topological polar surface area (TPSA) is 61.6 Å². The molecular formula is C11H9ClN4S. The molecule has 0 saturated heterocycles. The van der Waals surface area contributed by atoms with Gasteiger partial charge in [-0.1, -0.05) is 18.7 Å². The zero-order chi connectivity index (χ0) is 12.3. The molecule has 0 amide bonds. The van der Waals surface area contributed by atoms with Crippen LogP contribution in [-0.4, -0.2) is 9.97 Å². The maximum absolute atomic E-state index is 9.20. The normalized spacial score (nSPS) is 17.1. The van der Waals surface area contributed by atoms with Crippen molar-refractivity contribution in [2.24, 2.45) is 0 Å². The second kappa shape index (κ2) is 5.21. The van der Waals surface area contributed by atoms with E-state index in [4.69, 9.17) is 11.6 Å². The lowest BCUT2D eigenvalue weighted by Crippen LogP contribution is -2.07. The Kier molecular flexibility index (Phi) is 3.67. The van der Waals surface area contributed by atoms with Crippen LogP contribution in [0.1, 0.15) is 19.0 Å². The first-order valence-electron chi connectivity index (χ1n) is 5.00. The van der Waals surface area contributed by atoms with Crippen LogP contribution >= 0.6 is 23.4 Å². The fourth-order valence-corrected chi connectivity index (χ4v) is 2.42. The Morgan fingerprint density at radius 2 is 2.47 bits per heavy atom. The monoisotopic (exact) mass is 264 g/mol. The number of allylic oxidation sites excluding steroid dienone is 2. The molecule has 1 N–H and O–H groups in total. The van der Waals surface area contributed by atoms with Crippen LogP contribution in [-0.2, 0) is 0 Å². The Morgan fingerprint density at radius 1 is 1.65 bits per heavy atom. The number of thioether (sulfide) groups is 1. The largest absolute Gasteiger partial charge is 0.352 e. The average Bonchev–Trinajstić information content (AvgIpc) is 2.79. The van der Waals surface area contributed by atoms with E-state index in [9.17, 15) is 5.26 Å². The van der Waals surface area contributed by atoms with Crippen LogP contribution in [0.25, 0.3) is 5.57 Å². The lowest BCUT2D eigenvalue weighted by Gasteiger charge is -2.05. The van der Waals surface area contributed by atoms with Crippen molar-refractivity contribution in [1.82, 2.24) is 15.3 Å². The van der Waals surface area contributed by atoms with Crippen molar-refractivity contribution in [3.05, 3.63) is 39.4 Å². The van der Waals surface area contributed by atoms with E-state index in [2.05, 4.69) is 28.3 Å². The van der Waals surface area contributed by atoms with Gasteiger partial charge in [0.05, 0.1) is 10.7 Å². The molecule has 6 heteroatoms. The Morgan fingerprint density at radius 3 is 3.06 bits per heavy atom. The SMILES string of the molecule is CCC1=CS/C(=C(/C#N)c2ccnc(Cl)n2)N1. The second-order valence-electron chi connectivity index (χ2n) is 3.27. The molecule has 2 rings (SSSR count). The van der Waals surface area contributed by atoms with Crippen LogP contribution in [0, 0.1) is 11.3 Å². The van der Waals surface area contributed by atoms with Gasteiger partial charge in [0, 0.05) is 11.9 Å². The first-order chi connectivity index (χ1) is 8.24. The number of rotatable bonds is 2. The van der Waals surface area contributed by atoms with Gasteiger partial charge in [0.25, 0.3) is 0 Å². The molecule has 1 aliphatic rings. The minimum atomic E-state index is 0.141. The Balaban J connectivity index is 2.36. The third kappa shape index (κ3) is 2.60. The van der Waals surface area contributed by atoms with E-state index < -0.39 is 0 Å². The number of aromatic nitrogens is 2. The van der Waals surface area contributed by atoms with Crippen LogP contribution in [0.2, 0.25) is 5.28 Å². The molecule has 0 saturated carbocycles. The maximum atomic E-state index is 9.20. The predicted molar refractivity (Wildman–Crippen MR) is 68.7 cm³/mol. The Hall–Kier alpha value is -1.51. The minimum Gasteiger partial charge on any atom is -0.352 e. The van der Waals surface area contributed by atoms with E-state index in [0.29, 0.717) is 11.3 Å². The first-order valence-corrected chi connectivity index (χ1v) is 6.26. The number of halogens is 1. The van der Waals surface area contributed by atoms with E-state index in [1.54, 1.807) is 6.07 Å². The van der Waals surface area contributed by atoms with Crippen molar-refractivity contribution in [1.29, 1.82) is 5.26 Å². The maximum Gasteiger partial charge on any atom is 0.222 e. The van der Waals surface area contributed by atoms with E-state index in [-0.39, 0.29) is 5.28 Å². The summed E-state index contributed by atoms with van der Waals surface area (Å²) in [5, 5.41) is 15.3. The summed E-state index contributed by atoms with van der Waals surface area (Å²) in [6.07, 6.45) is 2.44. The molecule has 1 aliphatic heterocycles. The van der Waals surface area contributed by atoms with E-state index in [1.807, 2.05) is 5.41 Å². The number of nitriles is 1. The summed E-state index contributed by atoms with van der Waals surface area (Å²) < 4.78 is 0. The van der Waals surface area contributed by atoms with E-state index >= 15 is 0 Å². The lowest BCUT2D eigenvalue weighted by atomic mass is 10.2. The van der Waals surface area contributed by atoms with Crippen LogP contribution < -0.4 is 5.32 Å². The zero-order valence-electron chi connectivity index (χ0n) is 9.07. The molecule has 0 atom stereocenters. The van der Waals surface area contributed by atoms with E-state index in [0.717, 1.165) is 17.1 Å². The van der Waals surface area contributed by atoms with Gasteiger partial charge in [-0.2, -0.15) is 5.26 Å². The first kappa shape index (κ1) is 12.0. The van der Waals surface area contributed by atoms with Gasteiger partial charge in [-0.3, -0.25) is 0 Å². The molecule has 0 aromatic carbocycles. The zero-order valence-corrected chi connectivity index (χ0v) is 10.6. The summed E-state index contributed by atoms with van der Waals surface area (Å²) in [6, 6.07) is 3.82. The molecule has 1 aromatic heterocycles. The molecular weight excluding hydrogens is 256 g/mol. The molecule has 0 aliphatic carbocycles. The van der Waals surface area contributed by atoms with Crippen molar-refractivity contribution in [3.63, 3.8) is 0 Å². The van der Waals surface area contributed by atoms with Crippen molar-refractivity contribution >= 4 is 28.9 Å². The van der Waals surface area contributed by atoms with Gasteiger partial charge in [0.15, 0.2) is 0 Å². The van der Waals surface area contributed by atoms with Gasteiger partial charge < -0.3 is 5.32 Å².